The number of anilines is 1. The Bertz CT molecular complexity index is 1530. The summed E-state index contributed by atoms with van der Waals surface area (Å²) in [5.74, 6) is -2.76. The molecule has 0 fully saturated rings. The number of nitrogens with two attached hydrogens (primary N) is 3. The maximum absolute atomic E-state index is 14.7. The van der Waals surface area contributed by atoms with Crippen molar-refractivity contribution in [3.63, 3.8) is 0 Å². The first-order chi connectivity index (χ1) is 18.9. The number of benzene rings is 2. The molecular weight excluding hydrogens is 572 g/mol. The second-order valence-corrected chi connectivity index (χ2v) is 8.90. The Balaban J connectivity index is 1.86. The van der Waals surface area contributed by atoms with E-state index in [1.807, 2.05) is 0 Å². The summed E-state index contributed by atoms with van der Waals surface area (Å²) in [4.78, 5) is 20.5. The summed E-state index contributed by atoms with van der Waals surface area (Å²) in [5, 5.41) is 3.31. The molecule has 0 aliphatic heterocycles. The molecule has 1 heterocycles. The van der Waals surface area contributed by atoms with Crippen LogP contribution < -0.4 is 27.3 Å². The van der Waals surface area contributed by atoms with Crippen molar-refractivity contribution in [1.82, 2.24) is 4.98 Å². The summed E-state index contributed by atoms with van der Waals surface area (Å²) < 4.78 is 61.9. The number of hydrogen-bond donors (Lipinski definition) is 4. The molecule has 0 spiro atoms. The lowest BCUT2D eigenvalue weighted by Crippen LogP contribution is -2.32. The molecule has 7 N–H and O–H groups in total. The lowest BCUT2D eigenvalue weighted by Gasteiger charge is -2.14. The minimum Gasteiger partial charge on any atom is -0.453 e. The Morgan fingerprint density at radius 3 is 2.45 bits per heavy atom. The number of halogens is 5. The highest BCUT2D eigenvalue weighted by molar-refractivity contribution is 7.13. The third kappa shape index (κ3) is 7.48. The minimum absolute atomic E-state index is 0.0728. The maximum atomic E-state index is 14.7. The number of rotatable bonds is 9. The average Bonchev–Trinajstić information content (AvgIpc) is 3.38. The van der Waals surface area contributed by atoms with Crippen LogP contribution in [0.25, 0.3) is 11.3 Å². The number of nitrogens with one attached hydrogen (secondary N) is 1. The van der Waals surface area contributed by atoms with Crippen molar-refractivity contribution in [2.45, 2.75) is 6.18 Å². The molecule has 0 radical (unpaired) electrons. The summed E-state index contributed by atoms with van der Waals surface area (Å²) in [6.07, 6.45) is -2.34. The van der Waals surface area contributed by atoms with Gasteiger partial charge in [0.25, 0.3) is 5.91 Å². The lowest BCUT2D eigenvalue weighted by atomic mass is 10.1. The number of thiazole rings is 1. The molecule has 2 aromatic carbocycles. The van der Waals surface area contributed by atoms with Crippen molar-refractivity contribution in [3.05, 3.63) is 107 Å². The predicted molar refractivity (Wildman–Crippen MR) is 148 cm³/mol. The second kappa shape index (κ2) is 13.0. The number of alkyl halides is 3. The molecule has 3 rings (SSSR count). The normalized spacial score (nSPS) is 13.2. The van der Waals surface area contributed by atoms with Gasteiger partial charge in [0.1, 0.15) is 10.8 Å². The highest BCUT2D eigenvalue weighted by Crippen LogP contribution is 2.31. The zero-order chi connectivity index (χ0) is 29.4. The largest absolute Gasteiger partial charge is 0.453 e. The number of carbonyl (C=O) groups is 1. The van der Waals surface area contributed by atoms with E-state index in [9.17, 15) is 22.4 Å². The van der Waals surface area contributed by atoms with E-state index in [0.29, 0.717) is 17.5 Å². The Hall–Kier alpha value is -4.62. The first kappa shape index (κ1) is 29.9. The van der Waals surface area contributed by atoms with Crippen LogP contribution in [0.1, 0.15) is 0 Å². The number of allylic oxidation sites excluding steroid dienone is 2. The standard InChI is InChI=1S/C26H21ClF4N6O2S/c1-14(34)22(27)21(9-10-32)39-20-8-7-16(11-18(20)28)35-24(38)17(12-33)23(26(29,30)31)37-25-36-19(13-40-25)15-5-3-2-4-6-15/h2-13H,1,32-34H2,(H,35,38)/b10-9-,17-12?,22-21-,37-23?. The van der Waals surface area contributed by atoms with Gasteiger partial charge in [-0.15, -0.1) is 11.3 Å². The monoisotopic (exact) mass is 592 g/mol. The van der Waals surface area contributed by atoms with Crippen molar-refractivity contribution in [2.75, 3.05) is 5.32 Å². The van der Waals surface area contributed by atoms with Crippen LogP contribution in [0.15, 0.2) is 106 Å². The van der Waals surface area contributed by atoms with Crippen LogP contribution in [-0.4, -0.2) is 22.8 Å². The van der Waals surface area contributed by atoms with E-state index in [0.717, 1.165) is 29.7 Å². The smallest absolute Gasteiger partial charge is 0.434 e. The molecule has 40 heavy (non-hydrogen) atoms. The molecule has 0 aliphatic rings. The van der Waals surface area contributed by atoms with Gasteiger partial charge in [-0.2, -0.15) is 13.2 Å². The van der Waals surface area contributed by atoms with Gasteiger partial charge in [-0.05, 0) is 24.4 Å². The van der Waals surface area contributed by atoms with E-state index < -0.39 is 29.2 Å². The number of aromatic nitrogens is 1. The van der Waals surface area contributed by atoms with Gasteiger partial charge < -0.3 is 27.3 Å². The zero-order valence-corrected chi connectivity index (χ0v) is 21.9. The van der Waals surface area contributed by atoms with Crippen molar-refractivity contribution in [1.29, 1.82) is 0 Å². The molecule has 0 unspecified atom stereocenters. The number of carbonyl (C=O) groups excluding carboxylic acids is 1. The van der Waals surface area contributed by atoms with Crippen molar-refractivity contribution < 1.29 is 27.1 Å². The molecule has 1 aromatic heterocycles. The lowest BCUT2D eigenvalue weighted by molar-refractivity contribution is -0.113. The molecule has 8 nitrogen and oxygen atoms in total. The predicted octanol–water partition coefficient (Wildman–Crippen LogP) is 5.84. The van der Waals surface area contributed by atoms with Crippen LogP contribution in [0.3, 0.4) is 0 Å². The first-order valence-electron chi connectivity index (χ1n) is 11.0. The average molecular weight is 593 g/mol. The summed E-state index contributed by atoms with van der Waals surface area (Å²) in [6, 6.07) is 11.8. The Labute approximate surface area is 234 Å². The van der Waals surface area contributed by atoms with Crippen molar-refractivity contribution in [2.24, 2.45) is 22.2 Å². The molecule has 0 atom stereocenters. The molecular formula is C26H21ClF4N6O2S. The maximum Gasteiger partial charge on any atom is 0.434 e. The molecule has 208 valence electrons. The molecule has 0 bridgehead atoms. The van der Waals surface area contributed by atoms with Crippen LogP contribution in [-0.2, 0) is 4.79 Å². The summed E-state index contributed by atoms with van der Waals surface area (Å²) in [6.45, 7) is 3.45. The van der Waals surface area contributed by atoms with E-state index in [1.165, 1.54) is 17.5 Å². The molecule has 14 heteroatoms. The third-order valence-electron chi connectivity index (χ3n) is 4.86. The second-order valence-electron chi connectivity index (χ2n) is 7.68. The quantitative estimate of drug-likeness (QED) is 0.0808. The van der Waals surface area contributed by atoms with Gasteiger partial charge in [-0.25, -0.2) is 14.4 Å². The molecule has 1 amide bonds. The first-order valence-corrected chi connectivity index (χ1v) is 12.3. The van der Waals surface area contributed by atoms with Gasteiger partial charge in [0.15, 0.2) is 17.3 Å². The fourth-order valence-corrected chi connectivity index (χ4v) is 3.87. The number of aliphatic imine (C=N–C) groups is 1. The van der Waals surface area contributed by atoms with Gasteiger partial charge in [0.05, 0.1) is 11.3 Å². The Morgan fingerprint density at radius 1 is 1.18 bits per heavy atom. The summed E-state index contributed by atoms with van der Waals surface area (Å²) >= 11 is 6.84. The number of hydrogen-bond acceptors (Lipinski definition) is 8. The summed E-state index contributed by atoms with van der Waals surface area (Å²) in [5.41, 5.74) is 14.5. The van der Waals surface area contributed by atoms with E-state index in [1.54, 1.807) is 30.3 Å². The van der Waals surface area contributed by atoms with Gasteiger partial charge in [-0.3, -0.25) is 4.79 Å². The zero-order valence-electron chi connectivity index (χ0n) is 20.4. The highest BCUT2D eigenvalue weighted by Gasteiger charge is 2.41. The van der Waals surface area contributed by atoms with E-state index in [-0.39, 0.29) is 33.1 Å². The van der Waals surface area contributed by atoms with Crippen molar-refractivity contribution >= 4 is 45.4 Å². The highest BCUT2D eigenvalue weighted by atomic mass is 35.5. The van der Waals surface area contributed by atoms with E-state index >= 15 is 0 Å². The Morgan fingerprint density at radius 2 is 1.88 bits per heavy atom. The van der Waals surface area contributed by atoms with Crippen LogP contribution in [0, 0.1) is 5.82 Å². The van der Waals surface area contributed by atoms with Gasteiger partial charge in [0, 0.05) is 34.6 Å². The topological polar surface area (TPSA) is 142 Å². The number of nitrogens with zero attached hydrogens (tertiary/aromatic N) is 2. The van der Waals surface area contributed by atoms with Crippen LogP contribution in [0.5, 0.6) is 5.75 Å². The minimum atomic E-state index is -5.07. The van der Waals surface area contributed by atoms with Gasteiger partial charge in [0.2, 0.25) is 5.13 Å². The number of amides is 1. The molecule has 0 aliphatic carbocycles. The SMILES string of the molecule is C=C(N)/C(Cl)=C(\C=C/N)Oc1ccc(NC(=O)C(=CN)C(=Nc2nc(-c3ccccc3)cs2)C(F)(F)F)cc1F. The Kier molecular flexibility index (Phi) is 9.69. The van der Waals surface area contributed by atoms with Crippen LogP contribution >= 0.6 is 22.9 Å². The van der Waals surface area contributed by atoms with Crippen LogP contribution in [0.2, 0.25) is 0 Å². The summed E-state index contributed by atoms with van der Waals surface area (Å²) in [7, 11) is 0. The van der Waals surface area contributed by atoms with Gasteiger partial charge in [-0.1, -0.05) is 48.5 Å². The third-order valence-corrected chi connectivity index (χ3v) is 6.02. The molecule has 3 aromatic rings. The number of ether oxygens (including phenoxy) is 1. The van der Waals surface area contributed by atoms with E-state index in [2.05, 4.69) is 21.9 Å². The van der Waals surface area contributed by atoms with Crippen LogP contribution in [0.4, 0.5) is 28.4 Å². The molecule has 0 saturated heterocycles. The molecule has 0 saturated carbocycles. The fourth-order valence-electron chi connectivity index (χ4n) is 3.07. The van der Waals surface area contributed by atoms with Gasteiger partial charge >= 0.3 is 6.18 Å². The van der Waals surface area contributed by atoms with E-state index in [4.69, 9.17) is 33.5 Å². The van der Waals surface area contributed by atoms with Crippen molar-refractivity contribution in [3.8, 4) is 17.0 Å². The fraction of sp³-hybridized carbons (Fsp3) is 0.0385.